The molecule has 2 bridgehead atoms. The van der Waals surface area contributed by atoms with Gasteiger partial charge in [0, 0.05) is 38.4 Å². The van der Waals surface area contributed by atoms with Crippen molar-refractivity contribution in [3.8, 4) is 5.75 Å². The molecule has 1 saturated heterocycles. The summed E-state index contributed by atoms with van der Waals surface area (Å²) in [6.07, 6.45) is 3.66. The van der Waals surface area contributed by atoms with E-state index in [0.717, 1.165) is 44.3 Å². The lowest BCUT2D eigenvalue weighted by atomic mass is 9.70. The summed E-state index contributed by atoms with van der Waals surface area (Å²) < 4.78 is 11.5. The topological polar surface area (TPSA) is 45.2 Å². The first-order valence-corrected chi connectivity index (χ1v) is 11.2. The average molecular weight is 403 g/mol. The maximum absolute atomic E-state index is 10.6. The monoisotopic (exact) mass is 402 g/mol. The summed E-state index contributed by atoms with van der Waals surface area (Å²) in [5.74, 6) is 1.67. The van der Waals surface area contributed by atoms with Crippen molar-refractivity contribution in [1.29, 1.82) is 0 Å². The number of piperazine rings is 1. The van der Waals surface area contributed by atoms with E-state index in [9.17, 15) is 5.11 Å². The van der Waals surface area contributed by atoms with Crippen molar-refractivity contribution < 1.29 is 14.6 Å². The van der Waals surface area contributed by atoms with Crippen LogP contribution in [0.3, 0.4) is 0 Å². The maximum atomic E-state index is 10.6. The first-order chi connectivity index (χ1) is 13.8. The maximum Gasteiger partial charge on any atom is 0.119 e. The number of aliphatic hydroxyl groups excluding tert-OH is 1. The standard InChI is InChI=1S/C24H38N2O3/c1-23(2)18-9-10-24(23,3)22(15-18)29-17-20(27)16-25-11-13-26(14-12-25)19-5-7-21(28-4)8-6-19/h5-8,18,20,22,27H,9-17H2,1-4H3/t18-,20+,22-,24-/m1/s1. The number of methoxy groups -OCH3 is 1. The Hall–Kier alpha value is -1.30. The van der Waals surface area contributed by atoms with E-state index in [1.54, 1.807) is 7.11 Å². The fourth-order valence-corrected chi connectivity index (χ4v) is 5.94. The molecule has 4 rings (SSSR count). The molecule has 0 spiro atoms. The third-order valence-electron chi connectivity index (χ3n) is 8.48. The molecule has 1 heterocycles. The van der Waals surface area contributed by atoms with Gasteiger partial charge in [0.25, 0.3) is 0 Å². The van der Waals surface area contributed by atoms with Gasteiger partial charge in [0.2, 0.25) is 0 Å². The van der Waals surface area contributed by atoms with Gasteiger partial charge in [-0.1, -0.05) is 20.8 Å². The molecule has 3 fully saturated rings. The van der Waals surface area contributed by atoms with E-state index < -0.39 is 6.10 Å². The van der Waals surface area contributed by atoms with Gasteiger partial charge in [-0.3, -0.25) is 4.90 Å². The summed E-state index contributed by atoms with van der Waals surface area (Å²) in [6.45, 7) is 12.3. The molecule has 2 saturated carbocycles. The van der Waals surface area contributed by atoms with Gasteiger partial charge in [-0.05, 0) is 60.3 Å². The highest BCUT2D eigenvalue weighted by Crippen LogP contribution is 2.66. The number of ether oxygens (including phenoxy) is 2. The van der Waals surface area contributed by atoms with Crippen LogP contribution in [0.15, 0.2) is 24.3 Å². The van der Waals surface area contributed by atoms with Crippen molar-refractivity contribution in [3.63, 3.8) is 0 Å². The highest BCUT2D eigenvalue weighted by atomic mass is 16.5. The number of benzene rings is 1. The second kappa shape index (κ2) is 8.09. The normalized spacial score (nSPS) is 32.5. The molecule has 0 unspecified atom stereocenters. The summed E-state index contributed by atoms with van der Waals surface area (Å²) in [6, 6.07) is 8.27. The van der Waals surface area contributed by atoms with Crippen LogP contribution in [-0.2, 0) is 4.74 Å². The molecule has 3 aliphatic rings. The smallest absolute Gasteiger partial charge is 0.119 e. The Labute approximate surface area is 176 Å². The number of aliphatic hydroxyl groups is 1. The van der Waals surface area contributed by atoms with Gasteiger partial charge < -0.3 is 19.5 Å². The number of β-amino-alcohol motifs (C(OH)–C–C–N with tert-alkyl or cyclic N) is 1. The zero-order valence-corrected chi connectivity index (χ0v) is 18.6. The minimum absolute atomic E-state index is 0.265. The highest BCUT2D eigenvalue weighted by Gasteiger charge is 2.61. The number of nitrogens with zero attached hydrogens (tertiary/aromatic N) is 2. The summed E-state index contributed by atoms with van der Waals surface area (Å²) in [7, 11) is 1.70. The van der Waals surface area contributed by atoms with Crippen LogP contribution in [0.2, 0.25) is 0 Å². The van der Waals surface area contributed by atoms with E-state index in [2.05, 4.69) is 42.7 Å². The van der Waals surface area contributed by atoms with E-state index in [1.165, 1.54) is 18.5 Å². The molecule has 29 heavy (non-hydrogen) atoms. The number of hydrogen-bond donors (Lipinski definition) is 1. The van der Waals surface area contributed by atoms with Gasteiger partial charge in [0.1, 0.15) is 5.75 Å². The van der Waals surface area contributed by atoms with Crippen LogP contribution < -0.4 is 9.64 Å². The summed E-state index contributed by atoms with van der Waals surface area (Å²) >= 11 is 0. The van der Waals surface area contributed by atoms with Gasteiger partial charge in [0.05, 0.1) is 25.9 Å². The largest absolute Gasteiger partial charge is 0.497 e. The molecule has 2 aliphatic carbocycles. The van der Waals surface area contributed by atoms with E-state index >= 15 is 0 Å². The Morgan fingerprint density at radius 2 is 1.79 bits per heavy atom. The zero-order valence-electron chi connectivity index (χ0n) is 18.6. The zero-order chi connectivity index (χ0) is 20.6. The molecular formula is C24H38N2O3. The molecule has 162 valence electrons. The van der Waals surface area contributed by atoms with Crippen molar-refractivity contribution in [2.75, 3.05) is 51.3 Å². The fraction of sp³-hybridized carbons (Fsp3) is 0.750. The third-order valence-corrected chi connectivity index (χ3v) is 8.48. The van der Waals surface area contributed by atoms with E-state index in [-0.39, 0.29) is 5.41 Å². The van der Waals surface area contributed by atoms with Gasteiger partial charge >= 0.3 is 0 Å². The third kappa shape index (κ3) is 3.89. The number of hydrogen-bond acceptors (Lipinski definition) is 5. The lowest BCUT2D eigenvalue weighted by Gasteiger charge is -2.39. The summed E-state index contributed by atoms with van der Waals surface area (Å²) in [5.41, 5.74) is 1.86. The number of rotatable bonds is 7. The first kappa shape index (κ1) is 21.0. The first-order valence-electron chi connectivity index (χ1n) is 11.2. The lowest BCUT2D eigenvalue weighted by Crippen LogP contribution is -2.49. The molecule has 0 aromatic heterocycles. The SMILES string of the molecule is COc1ccc(N2CCN(C[C@H](O)CO[C@@H]3C[C@H]4CC[C@@]3(C)C4(C)C)CC2)cc1. The quantitative estimate of drug-likeness (QED) is 0.757. The molecule has 1 aliphatic heterocycles. The molecule has 0 amide bonds. The molecule has 1 aromatic carbocycles. The highest BCUT2D eigenvalue weighted by molar-refractivity contribution is 5.49. The predicted octanol–water partition coefficient (Wildman–Crippen LogP) is 3.41. The predicted molar refractivity (Wildman–Crippen MR) is 117 cm³/mol. The summed E-state index contributed by atoms with van der Waals surface area (Å²) in [4.78, 5) is 4.76. The average Bonchev–Trinajstić information content (AvgIpc) is 3.06. The molecule has 1 aromatic rings. The molecule has 5 heteroatoms. The van der Waals surface area contributed by atoms with Crippen molar-refractivity contribution in [3.05, 3.63) is 24.3 Å². The van der Waals surface area contributed by atoms with Gasteiger partial charge in [-0.2, -0.15) is 0 Å². The van der Waals surface area contributed by atoms with Crippen molar-refractivity contribution in [2.24, 2.45) is 16.7 Å². The summed E-state index contributed by atoms with van der Waals surface area (Å²) in [5, 5.41) is 10.6. The van der Waals surface area contributed by atoms with Gasteiger partial charge in [0.15, 0.2) is 0 Å². The lowest BCUT2D eigenvalue weighted by molar-refractivity contribution is -0.0794. The Kier molecular flexibility index (Phi) is 5.84. The Balaban J connectivity index is 1.21. The Morgan fingerprint density at radius 1 is 1.10 bits per heavy atom. The van der Waals surface area contributed by atoms with Crippen molar-refractivity contribution >= 4 is 5.69 Å². The van der Waals surface area contributed by atoms with Gasteiger partial charge in [-0.15, -0.1) is 0 Å². The van der Waals surface area contributed by atoms with Crippen LogP contribution in [0.4, 0.5) is 5.69 Å². The van der Waals surface area contributed by atoms with E-state index in [4.69, 9.17) is 9.47 Å². The minimum atomic E-state index is -0.409. The molecule has 5 nitrogen and oxygen atoms in total. The fourth-order valence-electron chi connectivity index (χ4n) is 5.94. The molecule has 4 atom stereocenters. The second-order valence-electron chi connectivity index (χ2n) is 10.1. The molecule has 0 radical (unpaired) electrons. The Morgan fingerprint density at radius 3 is 2.34 bits per heavy atom. The van der Waals surface area contributed by atoms with Crippen LogP contribution in [0.1, 0.15) is 40.0 Å². The number of fused-ring (bicyclic) bond motifs is 2. The minimum Gasteiger partial charge on any atom is -0.497 e. The van der Waals surface area contributed by atoms with Crippen LogP contribution in [-0.4, -0.2) is 68.7 Å². The molecular weight excluding hydrogens is 364 g/mol. The molecule has 1 N–H and O–H groups in total. The number of anilines is 1. The van der Waals surface area contributed by atoms with Crippen LogP contribution in [0, 0.1) is 16.7 Å². The van der Waals surface area contributed by atoms with Crippen LogP contribution in [0.25, 0.3) is 0 Å². The van der Waals surface area contributed by atoms with Crippen molar-refractivity contribution in [2.45, 2.75) is 52.2 Å². The van der Waals surface area contributed by atoms with E-state index in [0.29, 0.717) is 24.7 Å². The van der Waals surface area contributed by atoms with E-state index in [1.807, 2.05) is 12.1 Å². The van der Waals surface area contributed by atoms with Gasteiger partial charge in [-0.25, -0.2) is 0 Å². The van der Waals surface area contributed by atoms with Crippen LogP contribution >= 0.6 is 0 Å². The Bertz CT molecular complexity index is 684. The van der Waals surface area contributed by atoms with Crippen molar-refractivity contribution in [1.82, 2.24) is 4.90 Å². The van der Waals surface area contributed by atoms with Crippen LogP contribution in [0.5, 0.6) is 5.75 Å². The second-order valence-corrected chi connectivity index (χ2v) is 10.1.